The van der Waals surface area contributed by atoms with Crippen LogP contribution in [0.25, 0.3) is 0 Å². The van der Waals surface area contributed by atoms with Crippen LogP contribution in [0.5, 0.6) is 5.75 Å². The van der Waals surface area contributed by atoms with Crippen molar-refractivity contribution in [3.05, 3.63) is 59.2 Å². The minimum Gasteiger partial charge on any atom is -0.495 e. The van der Waals surface area contributed by atoms with Crippen LogP contribution in [-0.4, -0.2) is 43.3 Å². The van der Waals surface area contributed by atoms with Gasteiger partial charge in [0.15, 0.2) is 0 Å². The number of hydrogen-bond acceptors (Lipinski definition) is 7. The molecule has 1 saturated heterocycles. The van der Waals surface area contributed by atoms with Gasteiger partial charge in [-0.15, -0.1) is 0 Å². The van der Waals surface area contributed by atoms with Crippen LogP contribution in [0.4, 0.5) is 28.8 Å². The van der Waals surface area contributed by atoms with Crippen molar-refractivity contribution >= 4 is 40.4 Å². The van der Waals surface area contributed by atoms with Crippen molar-refractivity contribution in [3.63, 3.8) is 0 Å². The van der Waals surface area contributed by atoms with Gasteiger partial charge < -0.3 is 25.6 Å². The molecule has 0 radical (unpaired) electrons. The average molecular weight is 425 g/mol. The Morgan fingerprint density at radius 2 is 1.87 bits per heavy atom. The first-order valence-electron chi connectivity index (χ1n) is 9.89. The van der Waals surface area contributed by atoms with E-state index in [0.717, 1.165) is 48.9 Å². The van der Waals surface area contributed by atoms with Crippen molar-refractivity contribution in [2.24, 2.45) is 0 Å². The molecule has 1 aliphatic heterocycles. The van der Waals surface area contributed by atoms with Crippen LogP contribution in [0.3, 0.4) is 0 Å². The number of anilines is 5. The molecule has 0 spiro atoms. The Morgan fingerprint density at radius 1 is 1.07 bits per heavy atom. The smallest absolute Gasteiger partial charge is 0.229 e. The second kappa shape index (κ2) is 9.19. The number of rotatable bonds is 6. The van der Waals surface area contributed by atoms with E-state index >= 15 is 0 Å². The number of piperazine rings is 1. The molecule has 156 valence electrons. The van der Waals surface area contributed by atoms with E-state index in [1.807, 2.05) is 31.2 Å². The van der Waals surface area contributed by atoms with E-state index in [4.69, 9.17) is 16.3 Å². The molecule has 30 heavy (non-hydrogen) atoms. The van der Waals surface area contributed by atoms with Gasteiger partial charge in [0.2, 0.25) is 5.95 Å². The Labute approximate surface area is 181 Å². The molecule has 0 unspecified atom stereocenters. The molecule has 7 nitrogen and oxygen atoms in total. The molecular formula is C22H25ClN6O. The first-order chi connectivity index (χ1) is 14.6. The summed E-state index contributed by atoms with van der Waals surface area (Å²) in [4.78, 5) is 11.5. The summed E-state index contributed by atoms with van der Waals surface area (Å²) in [6.45, 7) is 5.98. The van der Waals surface area contributed by atoms with Crippen LogP contribution in [0.15, 0.2) is 48.7 Å². The Balaban J connectivity index is 1.52. The predicted octanol–water partition coefficient (Wildman–Crippen LogP) is 4.34. The molecule has 1 aliphatic rings. The normalized spacial score (nSPS) is 13.8. The number of ether oxygens (including phenoxy) is 1. The van der Waals surface area contributed by atoms with E-state index in [2.05, 4.69) is 43.0 Å². The Hall–Kier alpha value is -3.03. The molecule has 0 saturated carbocycles. The minimum absolute atomic E-state index is 0.529. The highest BCUT2D eigenvalue weighted by Crippen LogP contribution is 2.30. The summed E-state index contributed by atoms with van der Waals surface area (Å²) < 4.78 is 5.29. The molecule has 0 amide bonds. The molecule has 4 rings (SSSR count). The molecule has 0 aliphatic carbocycles. The molecule has 1 aromatic heterocycles. The molecule has 2 aromatic carbocycles. The van der Waals surface area contributed by atoms with E-state index in [1.54, 1.807) is 19.4 Å². The summed E-state index contributed by atoms with van der Waals surface area (Å²) in [5.41, 5.74) is 3.92. The maximum Gasteiger partial charge on any atom is 0.229 e. The number of nitrogens with one attached hydrogen (secondary N) is 3. The van der Waals surface area contributed by atoms with Crippen LogP contribution in [-0.2, 0) is 0 Å². The van der Waals surface area contributed by atoms with E-state index in [-0.39, 0.29) is 0 Å². The zero-order valence-electron chi connectivity index (χ0n) is 17.1. The molecule has 3 N–H and O–H groups in total. The number of methoxy groups -OCH3 is 1. The predicted molar refractivity (Wildman–Crippen MR) is 123 cm³/mol. The third-order valence-corrected chi connectivity index (χ3v) is 5.28. The van der Waals surface area contributed by atoms with E-state index in [9.17, 15) is 0 Å². The van der Waals surface area contributed by atoms with Gasteiger partial charge in [-0.05, 0) is 37.3 Å². The van der Waals surface area contributed by atoms with Gasteiger partial charge in [-0.25, -0.2) is 4.98 Å². The molecule has 0 bridgehead atoms. The van der Waals surface area contributed by atoms with Crippen molar-refractivity contribution in [3.8, 4) is 5.75 Å². The lowest BCUT2D eigenvalue weighted by Crippen LogP contribution is -2.43. The standard InChI is InChI=1S/C22H25ClN6O/c1-15-14-25-22(28-21(15)26-17-6-7-19(23)20(13-17)30-2)27-16-4-3-5-18(12-16)29-10-8-24-9-11-29/h3-7,12-14,24H,8-11H2,1-2H3,(H2,25,26,27,28). The van der Waals surface area contributed by atoms with E-state index < -0.39 is 0 Å². The molecule has 0 atom stereocenters. The second-order valence-electron chi connectivity index (χ2n) is 7.11. The van der Waals surface area contributed by atoms with Crippen LogP contribution >= 0.6 is 11.6 Å². The van der Waals surface area contributed by atoms with Crippen LogP contribution in [0, 0.1) is 6.92 Å². The molecule has 2 heterocycles. The number of aromatic nitrogens is 2. The summed E-state index contributed by atoms with van der Waals surface area (Å²) in [5, 5.41) is 10.6. The van der Waals surface area contributed by atoms with Crippen molar-refractivity contribution < 1.29 is 4.74 Å². The first kappa shape index (κ1) is 20.3. The Morgan fingerprint density at radius 3 is 2.67 bits per heavy atom. The summed E-state index contributed by atoms with van der Waals surface area (Å²) >= 11 is 6.12. The maximum atomic E-state index is 6.12. The van der Waals surface area contributed by atoms with Crippen LogP contribution in [0.2, 0.25) is 5.02 Å². The Bertz CT molecular complexity index is 1020. The lowest BCUT2D eigenvalue weighted by atomic mass is 10.2. The van der Waals surface area contributed by atoms with Gasteiger partial charge in [-0.1, -0.05) is 17.7 Å². The summed E-state index contributed by atoms with van der Waals surface area (Å²) in [6, 6.07) is 13.8. The monoisotopic (exact) mass is 424 g/mol. The summed E-state index contributed by atoms with van der Waals surface area (Å²) in [6.07, 6.45) is 1.80. The van der Waals surface area contributed by atoms with Gasteiger partial charge in [0.1, 0.15) is 11.6 Å². The fourth-order valence-corrected chi connectivity index (χ4v) is 3.53. The largest absolute Gasteiger partial charge is 0.495 e. The summed E-state index contributed by atoms with van der Waals surface area (Å²) in [5.74, 6) is 1.85. The van der Waals surface area contributed by atoms with Gasteiger partial charge in [-0.3, -0.25) is 0 Å². The van der Waals surface area contributed by atoms with E-state index in [1.165, 1.54) is 5.69 Å². The van der Waals surface area contributed by atoms with Crippen molar-refractivity contribution in [2.45, 2.75) is 6.92 Å². The van der Waals surface area contributed by atoms with Crippen LogP contribution < -0.4 is 25.6 Å². The molecule has 8 heteroatoms. The maximum absolute atomic E-state index is 6.12. The van der Waals surface area contributed by atoms with Crippen molar-refractivity contribution in [1.29, 1.82) is 0 Å². The first-order valence-corrected chi connectivity index (χ1v) is 10.3. The highest BCUT2D eigenvalue weighted by atomic mass is 35.5. The fraction of sp³-hybridized carbons (Fsp3) is 0.273. The van der Waals surface area contributed by atoms with E-state index in [0.29, 0.717) is 16.7 Å². The Kier molecular flexibility index (Phi) is 6.21. The fourth-order valence-electron chi connectivity index (χ4n) is 3.34. The number of nitrogens with zero attached hydrogens (tertiary/aromatic N) is 3. The number of halogens is 1. The highest BCUT2D eigenvalue weighted by molar-refractivity contribution is 6.32. The zero-order chi connectivity index (χ0) is 20.9. The summed E-state index contributed by atoms with van der Waals surface area (Å²) in [7, 11) is 1.59. The third kappa shape index (κ3) is 4.75. The zero-order valence-corrected chi connectivity index (χ0v) is 17.8. The number of hydrogen-bond donors (Lipinski definition) is 3. The van der Waals surface area contributed by atoms with Gasteiger partial charge >= 0.3 is 0 Å². The van der Waals surface area contributed by atoms with Crippen molar-refractivity contribution in [1.82, 2.24) is 15.3 Å². The van der Waals surface area contributed by atoms with Gasteiger partial charge in [-0.2, -0.15) is 4.98 Å². The topological polar surface area (TPSA) is 74.3 Å². The minimum atomic E-state index is 0.529. The van der Waals surface area contributed by atoms with Gasteiger partial charge in [0.25, 0.3) is 0 Å². The quantitative estimate of drug-likeness (QED) is 0.543. The second-order valence-corrected chi connectivity index (χ2v) is 7.52. The van der Waals surface area contributed by atoms with Crippen molar-refractivity contribution in [2.75, 3.05) is 48.8 Å². The van der Waals surface area contributed by atoms with Crippen LogP contribution in [0.1, 0.15) is 5.56 Å². The lowest BCUT2D eigenvalue weighted by molar-refractivity contribution is 0.415. The lowest BCUT2D eigenvalue weighted by Gasteiger charge is -2.29. The highest BCUT2D eigenvalue weighted by Gasteiger charge is 2.11. The SMILES string of the molecule is COc1cc(Nc2nc(Nc3cccc(N4CCNCC4)c3)ncc2C)ccc1Cl. The third-order valence-electron chi connectivity index (χ3n) is 4.97. The number of benzene rings is 2. The number of aryl methyl sites for hydroxylation is 1. The average Bonchev–Trinajstić information content (AvgIpc) is 2.78. The van der Waals surface area contributed by atoms with Gasteiger partial charge in [0, 0.05) is 61.1 Å². The molecular weight excluding hydrogens is 400 g/mol. The molecule has 1 fully saturated rings. The van der Waals surface area contributed by atoms with Gasteiger partial charge in [0.05, 0.1) is 12.1 Å². The molecule has 3 aromatic rings.